The Hall–Kier alpha value is -2.59. The Morgan fingerprint density at radius 3 is 2.59 bits per heavy atom. The zero-order chi connectivity index (χ0) is 18.8. The fraction of sp³-hybridized carbons (Fsp3) is 0.348. The number of piperidine rings is 1. The third-order valence-electron chi connectivity index (χ3n) is 5.63. The smallest absolute Gasteiger partial charge is 0.146 e. The van der Waals surface area contributed by atoms with Crippen LogP contribution in [-0.2, 0) is 7.05 Å². The monoisotopic (exact) mass is 361 g/mol. The Balaban J connectivity index is 1.52. The maximum absolute atomic E-state index is 6.06. The molecule has 3 aromatic rings. The molecule has 0 bridgehead atoms. The van der Waals surface area contributed by atoms with E-state index in [-0.39, 0.29) is 0 Å². The minimum atomic E-state index is 0.616. The molecule has 0 radical (unpaired) electrons. The molecule has 1 aliphatic rings. The zero-order valence-electron chi connectivity index (χ0n) is 16.2. The minimum absolute atomic E-state index is 0.616. The van der Waals surface area contributed by atoms with Gasteiger partial charge in [-0.1, -0.05) is 19.1 Å². The van der Waals surface area contributed by atoms with Crippen molar-refractivity contribution in [3.8, 4) is 16.9 Å². The molecular formula is C23H27N3O. The van der Waals surface area contributed by atoms with Crippen LogP contribution in [0.15, 0.2) is 53.7 Å². The summed E-state index contributed by atoms with van der Waals surface area (Å²) in [5, 5.41) is 1.24. The molecule has 0 spiro atoms. The average Bonchev–Trinajstić information content (AvgIpc) is 3.07. The van der Waals surface area contributed by atoms with E-state index < -0.39 is 0 Å². The van der Waals surface area contributed by atoms with E-state index in [0.717, 1.165) is 36.0 Å². The van der Waals surface area contributed by atoms with Crippen LogP contribution in [0.5, 0.6) is 5.75 Å². The number of benzene rings is 2. The van der Waals surface area contributed by atoms with Crippen LogP contribution in [-0.4, -0.2) is 36.0 Å². The maximum Gasteiger partial charge on any atom is 0.146 e. The van der Waals surface area contributed by atoms with Gasteiger partial charge in [-0.15, -0.1) is 0 Å². The third-order valence-corrected chi connectivity index (χ3v) is 5.63. The Bertz CT molecular complexity index is 951. The number of rotatable bonds is 5. The lowest BCUT2D eigenvalue weighted by Crippen LogP contribution is -2.35. The second-order valence-corrected chi connectivity index (χ2v) is 7.61. The molecule has 1 fully saturated rings. The van der Waals surface area contributed by atoms with E-state index in [1.54, 1.807) is 0 Å². The number of likely N-dealkylation sites (tertiary alicyclic amines) is 1. The van der Waals surface area contributed by atoms with Crippen molar-refractivity contribution >= 4 is 23.3 Å². The van der Waals surface area contributed by atoms with E-state index in [4.69, 9.17) is 4.74 Å². The molecule has 4 nitrogen and oxygen atoms in total. The molecule has 1 aliphatic heterocycles. The fourth-order valence-electron chi connectivity index (χ4n) is 3.76. The highest BCUT2D eigenvalue weighted by molar-refractivity contribution is 5.86. The van der Waals surface area contributed by atoms with Crippen molar-refractivity contribution in [1.29, 1.82) is 0 Å². The molecule has 1 aromatic heterocycles. The molecule has 2 heterocycles. The number of ether oxygens (including phenoxy) is 1. The number of hydrogen-bond donors (Lipinski definition) is 0. The first-order valence-electron chi connectivity index (χ1n) is 9.65. The van der Waals surface area contributed by atoms with E-state index in [1.807, 2.05) is 6.07 Å². The standard InChI is InChI=1S/C23H27N3O/c1-17-8-12-26(13-9-17)16-27-23-7-5-19(15-21(23)24-2)18-4-6-22-20(14-18)10-11-25(22)3/h4-7,10-11,14-15,17H,2,8-9,12-13,16H2,1,3H3. The SMILES string of the molecule is C=Nc1cc(-c2ccc3c(ccn3C)c2)ccc1OCN1CCC(C)CC1. The summed E-state index contributed by atoms with van der Waals surface area (Å²) < 4.78 is 8.19. The zero-order valence-corrected chi connectivity index (χ0v) is 16.2. The normalized spacial score (nSPS) is 15.9. The Morgan fingerprint density at radius 2 is 1.81 bits per heavy atom. The summed E-state index contributed by atoms with van der Waals surface area (Å²) in [7, 11) is 2.07. The van der Waals surface area contributed by atoms with Crippen molar-refractivity contribution in [3.63, 3.8) is 0 Å². The van der Waals surface area contributed by atoms with Crippen molar-refractivity contribution in [3.05, 3.63) is 48.7 Å². The van der Waals surface area contributed by atoms with Crippen molar-refractivity contribution in [2.24, 2.45) is 18.0 Å². The molecule has 0 N–H and O–H groups in total. The lowest BCUT2D eigenvalue weighted by atomic mass is 10.00. The van der Waals surface area contributed by atoms with Crippen molar-refractivity contribution in [1.82, 2.24) is 9.47 Å². The quantitative estimate of drug-likeness (QED) is 0.581. The summed E-state index contributed by atoms with van der Waals surface area (Å²) in [6.45, 7) is 8.88. The molecule has 0 unspecified atom stereocenters. The topological polar surface area (TPSA) is 29.8 Å². The van der Waals surface area contributed by atoms with Crippen molar-refractivity contribution in [2.75, 3.05) is 19.8 Å². The van der Waals surface area contributed by atoms with Gasteiger partial charge in [-0.3, -0.25) is 9.89 Å². The van der Waals surface area contributed by atoms with Crippen molar-refractivity contribution < 1.29 is 4.74 Å². The highest BCUT2D eigenvalue weighted by Gasteiger charge is 2.16. The van der Waals surface area contributed by atoms with E-state index in [1.165, 1.54) is 29.3 Å². The number of aromatic nitrogens is 1. The van der Waals surface area contributed by atoms with E-state index >= 15 is 0 Å². The number of nitrogens with zero attached hydrogens (tertiary/aromatic N) is 3. The summed E-state index contributed by atoms with van der Waals surface area (Å²) in [6, 6.07) is 14.8. The van der Waals surface area contributed by atoms with Gasteiger partial charge in [0.1, 0.15) is 18.2 Å². The van der Waals surface area contributed by atoms with Crippen molar-refractivity contribution in [2.45, 2.75) is 19.8 Å². The predicted octanol–water partition coefficient (Wildman–Crippen LogP) is 5.25. The van der Waals surface area contributed by atoms with Gasteiger partial charge < -0.3 is 9.30 Å². The van der Waals surface area contributed by atoms with Gasteiger partial charge in [-0.25, -0.2) is 0 Å². The Labute approximate surface area is 161 Å². The first kappa shape index (κ1) is 17.8. The molecule has 1 saturated heterocycles. The van der Waals surface area contributed by atoms with Gasteiger partial charge in [-0.2, -0.15) is 0 Å². The predicted molar refractivity (Wildman–Crippen MR) is 113 cm³/mol. The van der Waals surface area contributed by atoms with Crippen LogP contribution in [0.4, 0.5) is 5.69 Å². The lowest BCUT2D eigenvalue weighted by molar-refractivity contribution is 0.0918. The molecule has 4 rings (SSSR count). The van der Waals surface area contributed by atoms with Crippen LogP contribution >= 0.6 is 0 Å². The molecule has 0 saturated carbocycles. The van der Waals surface area contributed by atoms with Gasteiger partial charge in [0.05, 0.1) is 0 Å². The number of aliphatic imine (C=N–C) groups is 1. The summed E-state index contributed by atoms with van der Waals surface area (Å²) in [5.41, 5.74) is 4.33. The van der Waals surface area contributed by atoms with E-state index in [9.17, 15) is 0 Å². The molecule has 0 aliphatic carbocycles. The third kappa shape index (κ3) is 3.76. The second-order valence-electron chi connectivity index (χ2n) is 7.61. The molecule has 0 amide bonds. The fourth-order valence-corrected chi connectivity index (χ4v) is 3.76. The highest BCUT2D eigenvalue weighted by atomic mass is 16.5. The average molecular weight is 361 g/mol. The van der Waals surface area contributed by atoms with Gasteiger partial charge in [0.15, 0.2) is 0 Å². The van der Waals surface area contributed by atoms with Crippen LogP contribution in [0.25, 0.3) is 22.0 Å². The molecule has 140 valence electrons. The lowest BCUT2D eigenvalue weighted by Gasteiger charge is -2.29. The summed E-state index contributed by atoms with van der Waals surface area (Å²) in [5.74, 6) is 1.63. The van der Waals surface area contributed by atoms with Gasteiger partial charge in [0.25, 0.3) is 0 Å². The second kappa shape index (κ2) is 7.57. The Kier molecular flexibility index (Phi) is 4.99. The Morgan fingerprint density at radius 1 is 1.07 bits per heavy atom. The first-order chi connectivity index (χ1) is 13.1. The van der Waals surface area contributed by atoms with Crippen LogP contribution < -0.4 is 4.74 Å². The van der Waals surface area contributed by atoms with Gasteiger partial charge in [0.2, 0.25) is 0 Å². The van der Waals surface area contributed by atoms with Gasteiger partial charge in [0, 0.05) is 37.2 Å². The van der Waals surface area contributed by atoms with Crippen LogP contribution in [0.2, 0.25) is 0 Å². The number of fused-ring (bicyclic) bond motifs is 1. The molecule has 0 atom stereocenters. The largest absolute Gasteiger partial charge is 0.476 e. The van der Waals surface area contributed by atoms with Crippen LogP contribution in [0.1, 0.15) is 19.8 Å². The number of aryl methyl sites for hydroxylation is 1. The summed E-state index contributed by atoms with van der Waals surface area (Å²) >= 11 is 0. The van der Waals surface area contributed by atoms with Crippen LogP contribution in [0.3, 0.4) is 0 Å². The summed E-state index contributed by atoms with van der Waals surface area (Å²) in [4.78, 5) is 6.57. The highest BCUT2D eigenvalue weighted by Crippen LogP contribution is 2.34. The van der Waals surface area contributed by atoms with Gasteiger partial charge in [-0.05, 0) is 66.9 Å². The molecule has 4 heteroatoms. The molecule has 27 heavy (non-hydrogen) atoms. The number of hydrogen-bond acceptors (Lipinski definition) is 3. The van der Waals surface area contributed by atoms with Crippen LogP contribution in [0, 0.1) is 5.92 Å². The maximum atomic E-state index is 6.06. The molecular weight excluding hydrogens is 334 g/mol. The molecule has 2 aromatic carbocycles. The summed E-state index contributed by atoms with van der Waals surface area (Å²) in [6.07, 6.45) is 4.58. The minimum Gasteiger partial charge on any atom is -0.476 e. The van der Waals surface area contributed by atoms with E-state index in [2.05, 4.69) is 77.7 Å². The first-order valence-corrected chi connectivity index (χ1v) is 9.65. The van der Waals surface area contributed by atoms with E-state index in [0.29, 0.717) is 6.73 Å². The van der Waals surface area contributed by atoms with Gasteiger partial charge >= 0.3 is 0 Å².